The average Bonchev–Trinajstić information content (AvgIpc) is 3.01. The summed E-state index contributed by atoms with van der Waals surface area (Å²) in [7, 11) is 1.40. The van der Waals surface area contributed by atoms with Gasteiger partial charge in [-0.25, -0.2) is 4.39 Å². The van der Waals surface area contributed by atoms with E-state index in [4.69, 9.17) is 23.2 Å². The summed E-state index contributed by atoms with van der Waals surface area (Å²) >= 11 is 13.4. The van der Waals surface area contributed by atoms with E-state index in [2.05, 4.69) is 5.32 Å². The molecule has 0 aromatic heterocycles. The third kappa shape index (κ3) is 4.40. The Labute approximate surface area is 181 Å². The number of likely N-dealkylation sites (N-methyl/N-ethyl adjacent to an activating group) is 1. The van der Waals surface area contributed by atoms with Crippen molar-refractivity contribution in [3.63, 3.8) is 0 Å². The summed E-state index contributed by atoms with van der Waals surface area (Å²) in [5.74, 6) is -1.42. The molecular formula is C20H14Cl2FN3O2S. The topological polar surface area (TPSA) is 73.2 Å². The summed E-state index contributed by atoms with van der Waals surface area (Å²) in [5, 5.41) is 12.4. The Balaban J connectivity index is 2.06. The van der Waals surface area contributed by atoms with Gasteiger partial charge in [0.2, 0.25) is 5.91 Å². The van der Waals surface area contributed by atoms with Crippen molar-refractivity contribution in [3.05, 3.63) is 74.5 Å². The summed E-state index contributed by atoms with van der Waals surface area (Å²) in [4.78, 5) is 26.6. The van der Waals surface area contributed by atoms with Gasteiger partial charge in [-0.3, -0.25) is 14.5 Å². The van der Waals surface area contributed by atoms with Crippen LogP contribution >= 0.6 is 35.0 Å². The first kappa shape index (κ1) is 21.2. The van der Waals surface area contributed by atoms with Crippen molar-refractivity contribution < 1.29 is 14.0 Å². The van der Waals surface area contributed by atoms with E-state index in [1.165, 1.54) is 36.2 Å². The van der Waals surface area contributed by atoms with E-state index >= 15 is 0 Å². The second-order valence-electron chi connectivity index (χ2n) is 6.07. The highest BCUT2D eigenvalue weighted by Gasteiger charge is 2.41. The van der Waals surface area contributed by atoms with E-state index in [1.807, 2.05) is 6.07 Å². The number of halogens is 3. The quantitative estimate of drug-likeness (QED) is 0.557. The monoisotopic (exact) mass is 449 g/mol. The van der Waals surface area contributed by atoms with Crippen molar-refractivity contribution >= 4 is 52.5 Å². The van der Waals surface area contributed by atoms with Crippen molar-refractivity contribution in [2.75, 3.05) is 11.9 Å². The molecule has 0 spiro atoms. The molecule has 1 aliphatic heterocycles. The summed E-state index contributed by atoms with van der Waals surface area (Å²) in [5.41, 5.74) is 0.828. The molecule has 1 aliphatic rings. The average molecular weight is 450 g/mol. The zero-order chi connectivity index (χ0) is 21.1. The normalized spacial score (nSPS) is 17.8. The fourth-order valence-corrected chi connectivity index (χ4v) is 4.52. The highest BCUT2D eigenvalue weighted by Crippen LogP contribution is 2.42. The van der Waals surface area contributed by atoms with E-state index in [0.29, 0.717) is 21.3 Å². The van der Waals surface area contributed by atoms with Gasteiger partial charge in [-0.05, 0) is 54.4 Å². The molecule has 1 saturated heterocycles. The van der Waals surface area contributed by atoms with Crippen LogP contribution in [0.4, 0.5) is 10.1 Å². The minimum absolute atomic E-state index is 0.187. The van der Waals surface area contributed by atoms with Crippen molar-refractivity contribution in [2.24, 2.45) is 0 Å². The molecule has 1 atom stereocenters. The number of benzene rings is 2. The molecule has 0 saturated carbocycles. The molecule has 0 radical (unpaired) electrons. The number of amides is 2. The van der Waals surface area contributed by atoms with Gasteiger partial charge in [0.05, 0.1) is 5.25 Å². The molecule has 2 aromatic rings. The van der Waals surface area contributed by atoms with Gasteiger partial charge in [-0.2, -0.15) is 5.26 Å². The number of nitrogens with zero attached hydrogens (tertiary/aromatic N) is 2. The zero-order valence-electron chi connectivity index (χ0n) is 15.1. The number of hydrogen-bond acceptors (Lipinski definition) is 4. The number of carbonyl (C=O) groups is 2. The predicted octanol–water partition coefficient (Wildman–Crippen LogP) is 4.30. The fraction of sp³-hybridized carbons (Fsp3) is 0.150. The maximum Gasteiger partial charge on any atom is 0.264 e. The maximum atomic E-state index is 13.4. The molecule has 5 nitrogen and oxygen atoms in total. The lowest BCUT2D eigenvalue weighted by atomic mass is 10.1. The third-order valence-electron chi connectivity index (χ3n) is 4.23. The highest BCUT2D eigenvalue weighted by atomic mass is 35.5. The second kappa shape index (κ2) is 8.87. The lowest BCUT2D eigenvalue weighted by Gasteiger charge is -2.18. The molecule has 29 heavy (non-hydrogen) atoms. The molecule has 1 heterocycles. The molecule has 2 aromatic carbocycles. The Morgan fingerprint density at radius 1 is 1.28 bits per heavy atom. The molecule has 9 heteroatoms. The van der Waals surface area contributed by atoms with E-state index in [1.54, 1.807) is 18.2 Å². The summed E-state index contributed by atoms with van der Waals surface area (Å²) in [6.07, 6.45) is 0.247. The number of carbonyl (C=O) groups excluding carboxylic acids is 2. The van der Waals surface area contributed by atoms with Crippen molar-refractivity contribution in [1.82, 2.24) is 5.32 Å². The van der Waals surface area contributed by atoms with Crippen LogP contribution in [0.2, 0.25) is 10.0 Å². The number of rotatable bonds is 4. The first-order valence-corrected chi connectivity index (χ1v) is 10.1. The van der Waals surface area contributed by atoms with Crippen LogP contribution in [-0.2, 0) is 16.0 Å². The Morgan fingerprint density at radius 2 is 1.97 bits per heavy atom. The first-order valence-electron chi connectivity index (χ1n) is 8.42. The van der Waals surface area contributed by atoms with Crippen LogP contribution < -0.4 is 10.2 Å². The van der Waals surface area contributed by atoms with Crippen LogP contribution in [-0.4, -0.2) is 24.1 Å². The minimum atomic E-state index is -0.640. The van der Waals surface area contributed by atoms with Gasteiger partial charge in [0.15, 0.2) is 0 Å². The highest BCUT2D eigenvalue weighted by molar-refractivity contribution is 8.05. The third-order valence-corrected chi connectivity index (χ3v) is 6.10. The summed E-state index contributed by atoms with van der Waals surface area (Å²) in [6.45, 7) is 0. The molecule has 0 unspecified atom stereocenters. The zero-order valence-corrected chi connectivity index (χ0v) is 17.4. The molecule has 148 valence electrons. The van der Waals surface area contributed by atoms with Crippen LogP contribution in [0.15, 0.2) is 53.1 Å². The van der Waals surface area contributed by atoms with Gasteiger partial charge in [-0.15, -0.1) is 0 Å². The SMILES string of the molecule is CNC(=O)/C(C#N)=C1\S[C@@H](Cc2cc(Cl)ccc2Cl)C(=O)N1c1ccc(F)cc1. The Bertz CT molecular complexity index is 1050. The van der Waals surface area contributed by atoms with E-state index in [0.717, 1.165) is 11.8 Å². The van der Waals surface area contributed by atoms with Crippen molar-refractivity contribution in [1.29, 1.82) is 5.26 Å². The van der Waals surface area contributed by atoms with Gasteiger partial charge in [0.1, 0.15) is 22.5 Å². The van der Waals surface area contributed by atoms with E-state index < -0.39 is 17.0 Å². The van der Waals surface area contributed by atoms with Gasteiger partial charge in [0, 0.05) is 22.8 Å². The summed E-state index contributed by atoms with van der Waals surface area (Å²) in [6, 6.07) is 12.1. The minimum Gasteiger partial charge on any atom is -0.354 e. The number of nitriles is 1. The van der Waals surface area contributed by atoms with E-state index in [-0.39, 0.29) is 22.9 Å². The number of hydrogen-bond donors (Lipinski definition) is 1. The smallest absolute Gasteiger partial charge is 0.264 e. The van der Waals surface area contributed by atoms with Gasteiger partial charge in [-0.1, -0.05) is 35.0 Å². The largest absolute Gasteiger partial charge is 0.354 e. The number of nitrogens with one attached hydrogen (secondary N) is 1. The molecule has 1 fully saturated rings. The number of thioether (sulfide) groups is 1. The van der Waals surface area contributed by atoms with Crippen LogP contribution in [0.3, 0.4) is 0 Å². The summed E-state index contributed by atoms with van der Waals surface area (Å²) < 4.78 is 13.4. The van der Waals surface area contributed by atoms with Gasteiger partial charge >= 0.3 is 0 Å². The van der Waals surface area contributed by atoms with Gasteiger partial charge in [0.25, 0.3) is 5.91 Å². The van der Waals surface area contributed by atoms with Crippen LogP contribution in [0.25, 0.3) is 0 Å². The molecule has 0 aliphatic carbocycles. The Morgan fingerprint density at radius 3 is 2.59 bits per heavy atom. The standard InChI is InChI=1S/C20H14Cl2FN3O2S/c1-25-18(27)15(10-24)20-26(14-5-3-13(23)4-6-14)19(28)17(29-20)9-11-8-12(21)2-7-16(11)22/h2-8,17H,9H2,1H3,(H,25,27)/b20-15-/t17-/m0/s1. The second-order valence-corrected chi connectivity index (χ2v) is 8.10. The molecule has 2 amide bonds. The van der Waals surface area contributed by atoms with E-state index in [9.17, 15) is 19.2 Å². The van der Waals surface area contributed by atoms with Crippen molar-refractivity contribution in [2.45, 2.75) is 11.7 Å². The fourth-order valence-electron chi connectivity index (χ4n) is 2.84. The molecule has 3 rings (SSSR count). The maximum absolute atomic E-state index is 13.4. The Kier molecular flexibility index (Phi) is 6.48. The Hall–Kier alpha value is -2.53. The van der Waals surface area contributed by atoms with Crippen molar-refractivity contribution in [3.8, 4) is 6.07 Å². The van der Waals surface area contributed by atoms with Crippen LogP contribution in [0.5, 0.6) is 0 Å². The van der Waals surface area contributed by atoms with Crippen LogP contribution in [0.1, 0.15) is 5.56 Å². The molecule has 1 N–H and O–H groups in total. The first-order chi connectivity index (χ1) is 13.8. The molecular weight excluding hydrogens is 436 g/mol. The number of anilines is 1. The van der Waals surface area contributed by atoms with Gasteiger partial charge < -0.3 is 5.32 Å². The lowest BCUT2D eigenvalue weighted by molar-refractivity contribution is -0.117. The molecule has 0 bridgehead atoms. The lowest BCUT2D eigenvalue weighted by Crippen LogP contribution is -2.31. The van der Waals surface area contributed by atoms with Crippen LogP contribution in [0, 0.1) is 17.1 Å². The predicted molar refractivity (Wildman–Crippen MR) is 112 cm³/mol.